The smallest absolute Gasteiger partial charge is 0.173 e. The fourth-order valence-corrected chi connectivity index (χ4v) is 4.75. The highest BCUT2D eigenvalue weighted by Crippen LogP contribution is 2.32. The first kappa shape index (κ1) is 19.9. The molecule has 8 heteroatoms. The van der Waals surface area contributed by atoms with E-state index in [4.69, 9.17) is 31.4 Å². The number of fused-ring (bicyclic) bond motifs is 1. The van der Waals surface area contributed by atoms with E-state index in [2.05, 4.69) is 46.3 Å². The molecule has 7 nitrogen and oxygen atoms in total. The molecule has 3 fully saturated rings. The van der Waals surface area contributed by atoms with Crippen molar-refractivity contribution >= 4 is 39.7 Å². The van der Waals surface area contributed by atoms with Gasteiger partial charge in [0.25, 0.3) is 0 Å². The summed E-state index contributed by atoms with van der Waals surface area (Å²) in [5.41, 5.74) is 3.21. The molecule has 1 spiro atoms. The molecule has 30 heavy (non-hydrogen) atoms. The number of aryl methyl sites for hydroxylation is 1. The van der Waals surface area contributed by atoms with Crippen LogP contribution in [0.3, 0.4) is 0 Å². The Labute approximate surface area is 182 Å². The number of nitrogens with one attached hydrogen (secondary N) is 1. The van der Waals surface area contributed by atoms with Gasteiger partial charge in [0.2, 0.25) is 0 Å². The van der Waals surface area contributed by atoms with Gasteiger partial charge in [-0.1, -0.05) is 0 Å². The summed E-state index contributed by atoms with van der Waals surface area (Å²) in [6.45, 7) is 8.50. The Balaban J connectivity index is 1.28. The second kappa shape index (κ2) is 8.26. The van der Waals surface area contributed by atoms with Gasteiger partial charge < -0.3 is 29.3 Å². The van der Waals surface area contributed by atoms with Gasteiger partial charge in [-0.25, -0.2) is 4.98 Å². The lowest BCUT2D eigenvalue weighted by atomic mass is 10.0. The minimum atomic E-state index is -0.379. The van der Waals surface area contributed by atoms with Gasteiger partial charge in [0.05, 0.1) is 31.9 Å². The molecule has 4 heterocycles. The van der Waals surface area contributed by atoms with E-state index in [0.717, 1.165) is 79.8 Å². The molecule has 1 aromatic heterocycles. The number of hydrogen-bond acceptors (Lipinski definition) is 6. The van der Waals surface area contributed by atoms with Gasteiger partial charge in [-0.15, -0.1) is 0 Å². The van der Waals surface area contributed by atoms with Crippen LogP contribution in [0.15, 0.2) is 24.3 Å². The van der Waals surface area contributed by atoms with Crippen LogP contribution in [-0.2, 0) is 14.2 Å². The average Bonchev–Trinajstić information content (AvgIpc) is 3.23. The van der Waals surface area contributed by atoms with Crippen molar-refractivity contribution in [2.24, 2.45) is 0 Å². The third-order valence-electron chi connectivity index (χ3n) is 6.21. The Hall–Kier alpha value is -2.00. The Morgan fingerprint density at radius 3 is 2.50 bits per heavy atom. The van der Waals surface area contributed by atoms with Gasteiger partial charge in [-0.2, -0.15) is 0 Å². The van der Waals surface area contributed by atoms with E-state index >= 15 is 0 Å². The first-order valence-corrected chi connectivity index (χ1v) is 11.1. The van der Waals surface area contributed by atoms with Crippen LogP contribution in [0, 0.1) is 6.92 Å². The lowest BCUT2D eigenvalue weighted by molar-refractivity contribution is -0.180. The molecule has 0 atom stereocenters. The molecule has 0 amide bonds. The van der Waals surface area contributed by atoms with Crippen LogP contribution < -0.4 is 10.2 Å². The predicted molar refractivity (Wildman–Crippen MR) is 121 cm³/mol. The molecule has 3 aliphatic heterocycles. The Bertz CT molecular complexity index is 931. The summed E-state index contributed by atoms with van der Waals surface area (Å²) in [4.78, 5) is 9.37. The van der Waals surface area contributed by atoms with Crippen molar-refractivity contribution in [3.05, 3.63) is 29.8 Å². The van der Waals surface area contributed by atoms with Crippen LogP contribution in [0.5, 0.6) is 0 Å². The highest BCUT2D eigenvalue weighted by atomic mass is 32.1. The molecule has 0 saturated carbocycles. The molecule has 160 valence electrons. The summed E-state index contributed by atoms with van der Waals surface area (Å²) in [5, 5.41) is 5.30. The van der Waals surface area contributed by atoms with Crippen molar-refractivity contribution in [3.63, 3.8) is 0 Å². The van der Waals surface area contributed by atoms with Crippen molar-refractivity contribution in [2.75, 3.05) is 62.8 Å². The van der Waals surface area contributed by atoms with E-state index in [0.29, 0.717) is 13.2 Å². The van der Waals surface area contributed by atoms with Crippen LogP contribution in [0.4, 0.5) is 11.5 Å². The zero-order valence-electron chi connectivity index (χ0n) is 17.4. The van der Waals surface area contributed by atoms with E-state index in [9.17, 15) is 0 Å². The standard InChI is InChI=1S/C22H28N4O3S/c1-16-14-20(25-8-10-27-11-9-25)24-19-3-2-17(15-18(16)19)23-21(30)26-6-4-22(5-7-26)28-12-13-29-22/h2-3,14-15H,4-13H2,1H3,(H,23,30). The molecule has 1 N–H and O–H groups in total. The predicted octanol–water partition coefficient (Wildman–Crippen LogP) is 2.92. The molecule has 0 radical (unpaired) electrons. The number of likely N-dealkylation sites (tertiary alicyclic amines) is 1. The van der Waals surface area contributed by atoms with Gasteiger partial charge in [-0.05, 0) is 49.0 Å². The van der Waals surface area contributed by atoms with Gasteiger partial charge in [0.1, 0.15) is 5.82 Å². The Morgan fingerprint density at radius 1 is 1.03 bits per heavy atom. The van der Waals surface area contributed by atoms with Gasteiger partial charge in [0.15, 0.2) is 10.9 Å². The molecule has 0 bridgehead atoms. The van der Waals surface area contributed by atoms with Crippen LogP contribution in [-0.4, -0.2) is 73.4 Å². The zero-order chi connectivity index (χ0) is 20.6. The number of nitrogens with zero attached hydrogens (tertiary/aromatic N) is 3. The second-order valence-electron chi connectivity index (χ2n) is 8.15. The number of rotatable bonds is 2. The molecule has 5 rings (SSSR count). The lowest BCUT2D eigenvalue weighted by Crippen LogP contribution is -2.48. The van der Waals surface area contributed by atoms with Crippen LogP contribution >= 0.6 is 12.2 Å². The number of thiocarbonyl (C=S) groups is 1. The van der Waals surface area contributed by atoms with Crippen molar-refractivity contribution < 1.29 is 14.2 Å². The normalized spacial score (nSPS) is 21.4. The molecule has 0 unspecified atom stereocenters. The van der Waals surface area contributed by atoms with Gasteiger partial charge >= 0.3 is 0 Å². The third kappa shape index (κ3) is 3.97. The number of piperidine rings is 1. The number of ether oxygens (including phenoxy) is 3. The van der Waals surface area contributed by atoms with E-state index in [1.807, 2.05) is 0 Å². The van der Waals surface area contributed by atoms with Crippen molar-refractivity contribution in [2.45, 2.75) is 25.6 Å². The summed E-state index contributed by atoms with van der Waals surface area (Å²) >= 11 is 5.68. The lowest BCUT2D eigenvalue weighted by Gasteiger charge is -2.38. The van der Waals surface area contributed by atoms with Gasteiger partial charge in [0, 0.05) is 50.1 Å². The number of anilines is 2. The number of hydrogen-bond donors (Lipinski definition) is 1. The van der Waals surface area contributed by atoms with Gasteiger partial charge in [-0.3, -0.25) is 0 Å². The maximum absolute atomic E-state index is 5.81. The summed E-state index contributed by atoms with van der Waals surface area (Å²) in [7, 11) is 0. The molecule has 1 aromatic carbocycles. The fraction of sp³-hybridized carbons (Fsp3) is 0.545. The van der Waals surface area contributed by atoms with Crippen molar-refractivity contribution in [1.82, 2.24) is 9.88 Å². The topological polar surface area (TPSA) is 59.1 Å². The summed E-state index contributed by atoms with van der Waals surface area (Å²) in [6.07, 6.45) is 1.69. The Morgan fingerprint density at radius 2 is 1.77 bits per heavy atom. The zero-order valence-corrected chi connectivity index (χ0v) is 18.2. The minimum absolute atomic E-state index is 0.379. The van der Waals surface area contributed by atoms with E-state index < -0.39 is 0 Å². The van der Waals surface area contributed by atoms with Crippen molar-refractivity contribution in [1.29, 1.82) is 0 Å². The largest absolute Gasteiger partial charge is 0.378 e. The average molecular weight is 429 g/mol. The first-order chi connectivity index (χ1) is 14.6. The number of aromatic nitrogens is 1. The van der Waals surface area contributed by atoms with E-state index in [-0.39, 0.29) is 5.79 Å². The number of morpholine rings is 1. The number of benzene rings is 1. The van der Waals surface area contributed by atoms with Crippen LogP contribution in [0.25, 0.3) is 10.9 Å². The molecular weight excluding hydrogens is 400 g/mol. The fourth-order valence-electron chi connectivity index (χ4n) is 4.45. The Kier molecular flexibility index (Phi) is 5.49. The maximum atomic E-state index is 5.81. The highest BCUT2D eigenvalue weighted by molar-refractivity contribution is 7.80. The molecular formula is C22H28N4O3S. The summed E-state index contributed by atoms with van der Waals surface area (Å²) < 4.78 is 17.1. The summed E-state index contributed by atoms with van der Waals surface area (Å²) in [5.74, 6) is 0.647. The quantitative estimate of drug-likeness (QED) is 0.733. The third-order valence-corrected chi connectivity index (χ3v) is 6.57. The van der Waals surface area contributed by atoms with Crippen LogP contribution in [0.1, 0.15) is 18.4 Å². The van der Waals surface area contributed by atoms with E-state index in [1.165, 1.54) is 5.56 Å². The summed E-state index contributed by atoms with van der Waals surface area (Å²) in [6, 6.07) is 8.44. The highest BCUT2D eigenvalue weighted by Gasteiger charge is 2.40. The maximum Gasteiger partial charge on any atom is 0.173 e. The molecule has 0 aliphatic carbocycles. The monoisotopic (exact) mass is 428 g/mol. The number of pyridine rings is 1. The SMILES string of the molecule is Cc1cc(N2CCOCC2)nc2ccc(NC(=S)N3CCC4(CC3)OCCO4)cc12. The molecule has 3 aliphatic rings. The molecule has 3 saturated heterocycles. The van der Waals surface area contributed by atoms with Crippen LogP contribution in [0.2, 0.25) is 0 Å². The minimum Gasteiger partial charge on any atom is -0.378 e. The second-order valence-corrected chi connectivity index (χ2v) is 8.54. The van der Waals surface area contributed by atoms with Crippen molar-refractivity contribution in [3.8, 4) is 0 Å². The first-order valence-electron chi connectivity index (χ1n) is 10.7. The van der Waals surface area contributed by atoms with E-state index in [1.54, 1.807) is 0 Å². The molecule has 2 aromatic rings.